The number of alkyl carbamates (subject to hydrolysis) is 1. The van der Waals surface area contributed by atoms with Crippen molar-refractivity contribution < 1.29 is 45.3 Å². The minimum Gasteiger partial charge on any atom is -0.436 e. The second-order valence-electron chi connectivity index (χ2n) is 8.03. The van der Waals surface area contributed by atoms with Gasteiger partial charge in [0.2, 0.25) is 0 Å². The number of benzene rings is 3. The van der Waals surface area contributed by atoms with E-state index in [1.807, 2.05) is 0 Å². The van der Waals surface area contributed by atoms with Gasteiger partial charge >= 0.3 is 18.8 Å². The van der Waals surface area contributed by atoms with E-state index in [1.165, 1.54) is 24.3 Å². The van der Waals surface area contributed by atoms with Crippen LogP contribution in [0, 0.1) is 12.3 Å². The summed E-state index contributed by atoms with van der Waals surface area (Å²) in [5.74, 6) is 1.03. The molecule has 3 aromatic rings. The molecular weight excluding hydrogens is 516 g/mol. The van der Waals surface area contributed by atoms with Crippen LogP contribution < -0.4 is 14.8 Å². The van der Waals surface area contributed by atoms with Gasteiger partial charge in [-0.15, -0.1) is 32.8 Å². The van der Waals surface area contributed by atoms with Crippen LogP contribution in [0.15, 0.2) is 78.9 Å². The molecule has 0 aliphatic heterocycles. The first-order chi connectivity index (χ1) is 17.9. The molecule has 0 fully saturated rings. The zero-order chi connectivity index (χ0) is 27.8. The molecule has 0 saturated heterocycles. The summed E-state index contributed by atoms with van der Waals surface area (Å²) < 4.78 is 90.9. The van der Waals surface area contributed by atoms with Gasteiger partial charge in [-0.05, 0) is 47.4 Å². The minimum atomic E-state index is -4.99. The molecule has 0 aliphatic rings. The molecule has 3 rings (SSSR count). The average molecular weight is 537 g/mol. The lowest BCUT2D eigenvalue weighted by Gasteiger charge is -2.36. The maximum Gasteiger partial charge on any atom is 0.573 e. The SMILES string of the molecule is C#CCOC(=O)NCC(Cc1ccccc1)(c1cccc(OC(F)(F)F)c1)c1cccc(OC(F)(F)F)c1. The van der Waals surface area contributed by atoms with Crippen molar-refractivity contribution >= 4 is 6.09 Å². The number of carbonyl (C=O) groups is 1. The molecule has 0 aromatic heterocycles. The summed E-state index contributed by atoms with van der Waals surface area (Å²) >= 11 is 0. The van der Waals surface area contributed by atoms with E-state index in [2.05, 4.69) is 20.7 Å². The Labute approximate surface area is 214 Å². The van der Waals surface area contributed by atoms with Crippen molar-refractivity contribution in [1.82, 2.24) is 5.32 Å². The number of ether oxygens (including phenoxy) is 3. The smallest absolute Gasteiger partial charge is 0.436 e. The summed E-state index contributed by atoms with van der Waals surface area (Å²) in [7, 11) is 0. The van der Waals surface area contributed by atoms with Gasteiger partial charge in [0, 0.05) is 12.0 Å². The van der Waals surface area contributed by atoms with Gasteiger partial charge < -0.3 is 19.5 Å². The van der Waals surface area contributed by atoms with E-state index in [0.717, 1.165) is 24.3 Å². The van der Waals surface area contributed by atoms with Gasteiger partial charge in [-0.1, -0.05) is 60.5 Å². The first-order valence-electron chi connectivity index (χ1n) is 11.0. The maximum absolute atomic E-state index is 13.0. The molecular formula is C27H21F6NO4. The lowest BCUT2D eigenvalue weighted by Crippen LogP contribution is -2.43. The van der Waals surface area contributed by atoms with Gasteiger partial charge in [0.05, 0.1) is 0 Å². The molecule has 1 N–H and O–H groups in total. The van der Waals surface area contributed by atoms with Crippen LogP contribution in [0.4, 0.5) is 31.1 Å². The van der Waals surface area contributed by atoms with Gasteiger partial charge in [0.25, 0.3) is 0 Å². The number of halogens is 6. The fourth-order valence-electron chi connectivity index (χ4n) is 3.94. The predicted molar refractivity (Wildman–Crippen MR) is 125 cm³/mol. The number of alkyl halides is 6. The molecule has 0 aliphatic carbocycles. The fraction of sp³-hybridized carbons (Fsp3) is 0.222. The molecule has 5 nitrogen and oxygen atoms in total. The Balaban J connectivity index is 2.20. The number of amides is 1. The second-order valence-corrected chi connectivity index (χ2v) is 8.03. The maximum atomic E-state index is 13.0. The van der Waals surface area contributed by atoms with E-state index in [1.54, 1.807) is 30.3 Å². The van der Waals surface area contributed by atoms with Gasteiger partial charge in [-0.25, -0.2) is 4.79 Å². The zero-order valence-corrected chi connectivity index (χ0v) is 19.6. The molecule has 200 valence electrons. The van der Waals surface area contributed by atoms with Crippen molar-refractivity contribution in [2.75, 3.05) is 13.2 Å². The van der Waals surface area contributed by atoms with E-state index in [-0.39, 0.29) is 30.7 Å². The third-order valence-electron chi connectivity index (χ3n) is 5.41. The van der Waals surface area contributed by atoms with Crippen LogP contribution in [0.3, 0.4) is 0 Å². The van der Waals surface area contributed by atoms with Crippen LogP contribution in [0.2, 0.25) is 0 Å². The summed E-state index contributed by atoms with van der Waals surface area (Å²) in [4.78, 5) is 12.3. The molecule has 0 saturated carbocycles. The summed E-state index contributed by atoms with van der Waals surface area (Å²) in [5, 5.41) is 2.53. The van der Waals surface area contributed by atoms with Crippen molar-refractivity contribution in [3.05, 3.63) is 95.6 Å². The van der Waals surface area contributed by atoms with E-state index in [0.29, 0.717) is 5.56 Å². The quantitative estimate of drug-likeness (QED) is 0.255. The normalized spacial score (nSPS) is 11.8. The van der Waals surface area contributed by atoms with Crippen molar-refractivity contribution in [3.63, 3.8) is 0 Å². The summed E-state index contributed by atoms with van der Waals surface area (Å²) in [6.45, 7) is -0.641. The number of hydrogen-bond donors (Lipinski definition) is 1. The highest BCUT2D eigenvalue weighted by atomic mass is 19.4. The number of rotatable bonds is 9. The van der Waals surface area contributed by atoms with Crippen molar-refractivity contribution in [1.29, 1.82) is 0 Å². The number of nitrogens with one attached hydrogen (secondary N) is 1. The van der Waals surface area contributed by atoms with E-state index in [9.17, 15) is 31.1 Å². The van der Waals surface area contributed by atoms with Crippen LogP contribution in [0.5, 0.6) is 11.5 Å². The Bertz CT molecular complexity index is 1210. The standard InChI is InChI=1S/C27H21F6NO4/c1-2-14-36-24(35)34-18-25(17-19-8-4-3-5-9-19,20-10-6-12-22(15-20)37-26(28,29)30)21-11-7-13-23(16-21)38-27(31,32)33/h1,3-13,15-16H,14,17-18H2,(H,34,35). The highest BCUT2D eigenvalue weighted by molar-refractivity contribution is 5.68. The van der Waals surface area contributed by atoms with Crippen molar-refractivity contribution in [2.24, 2.45) is 0 Å². The highest BCUT2D eigenvalue weighted by Gasteiger charge is 2.38. The number of terminal acetylenes is 1. The summed E-state index contributed by atoms with van der Waals surface area (Å²) in [6, 6.07) is 18.6. The molecule has 0 bridgehead atoms. The van der Waals surface area contributed by atoms with Crippen LogP contribution in [-0.4, -0.2) is 32.0 Å². The summed E-state index contributed by atoms with van der Waals surface area (Å²) in [6.07, 6.45) is -5.74. The zero-order valence-electron chi connectivity index (χ0n) is 19.6. The highest BCUT2D eigenvalue weighted by Crippen LogP contribution is 2.39. The summed E-state index contributed by atoms with van der Waals surface area (Å²) in [5.41, 5.74) is -0.309. The monoisotopic (exact) mass is 537 g/mol. The molecule has 38 heavy (non-hydrogen) atoms. The Kier molecular flexibility index (Phi) is 8.78. The Morgan fingerprint density at radius 3 is 1.79 bits per heavy atom. The van der Waals surface area contributed by atoms with Crippen LogP contribution in [0.25, 0.3) is 0 Å². The van der Waals surface area contributed by atoms with Crippen molar-refractivity contribution in [3.8, 4) is 23.8 Å². The molecule has 0 radical (unpaired) electrons. The molecule has 3 aromatic carbocycles. The number of hydrogen-bond acceptors (Lipinski definition) is 4. The lowest BCUT2D eigenvalue weighted by atomic mass is 9.70. The molecule has 0 heterocycles. The van der Waals surface area contributed by atoms with E-state index < -0.39 is 35.7 Å². The van der Waals surface area contributed by atoms with Gasteiger partial charge in [-0.2, -0.15) is 0 Å². The van der Waals surface area contributed by atoms with Crippen molar-refractivity contribution in [2.45, 2.75) is 24.6 Å². The first kappa shape index (κ1) is 28.2. The molecule has 0 atom stereocenters. The Hall–Kier alpha value is -4.33. The van der Waals surface area contributed by atoms with Crippen LogP contribution in [-0.2, 0) is 16.6 Å². The minimum absolute atomic E-state index is 0.0498. The fourth-order valence-corrected chi connectivity index (χ4v) is 3.94. The molecule has 0 unspecified atom stereocenters. The largest absolute Gasteiger partial charge is 0.573 e. The molecule has 1 amide bonds. The Morgan fingerprint density at radius 1 is 0.789 bits per heavy atom. The third-order valence-corrected chi connectivity index (χ3v) is 5.41. The Morgan fingerprint density at radius 2 is 1.32 bits per heavy atom. The van der Waals surface area contributed by atoms with Gasteiger partial charge in [-0.3, -0.25) is 0 Å². The van der Waals surface area contributed by atoms with E-state index >= 15 is 0 Å². The number of carbonyl (C=O) groups excluding carboxylic acids is 1. The molecule has 11 heteroatoms. The molecule has 0 spiro atoms. The first-order valence-corrected chi connectivity index (χ1v) is 11.0. The lowest BCUT2D eigenvalue weighted by molar-refractivity contribution is -0.275. The topological polar surface area (TPSA) is 56.8 Å². The van der Waals surface area contributed by atoms with Gasteiger partial charge in [0.1, 0.15) is 11.5 Å². The van der Waals surface area contributed by atoms with Crippen LogP contribution >= 0.6 is 0 Å². The third kappa shape index (κ3) is 8.09. The van der Waals surface area contributed by atoms with Gasteiger partial charge in [0.15, 0.2) is 6.61 Å². The second kappa shape index (κ2) is 11.8. The average Bonchev–Trinajstić information content (AvgIpc) is 2.84. The van der Waals surface area contributed by atoms with E-state index in [4.69, 9.17) is 11.2 Å². The van der Waals surface area contributed by atoms with Crippen LogP contribution in [0.1, 0.15) is 16.7 Å². The predicted octanol–water partition coefficient (Wildman–Crippen LogP) is 6.37.